The fourth-order valence-electron chi connectivity index (χ4n) is 4.81. The molecule has 0 amide bonds. The molecule has 1 unspecified atom stereocenters. The van der Waals surface area contributed by atoms with Crippen molar-refractivity contribution in [3.05, 3.63) is 104 Å². The van der Waals surface area contributed by atoms with Crippen LogP contribution in [0.1, 0.15) is 41.0 Å². The van der Waals surface area contributed by atoms with Crippen LogP contribution in [0.25, 0.3) is 11.8 Å². The second-order valence-corrected chi connectivity index (χ2v) is 11.6. The minimum atomic E-state index is -0.143. The van der Waals surface area contributed by atoms with Crippen LogP contribution < -0.4 is 19.6 Å². The molecule has 2 aromatic heterocycles. The lowest BCUT2D eigenvalue weighted by Crippen LogP contribution is -2.38. The molecule has 1 atom stereocenters. The van der Waals surface area contributed by atoms with E-state index in [-0.39, 0.29) is 17.4 Å². The largest absolute Gasteiger partial charge is 0.504 e. The van der Waals surface area contributed by atoms with Crippen molar-refractivity contribution in [2.24, 2.45) is 4.99 Å². The highest BCUT2D eigenvalue weighted by atomic mass is 127. The molecule has 1 aliphatic heterocycles. The number of ether oxygens (including phenoxy) is 1. The molecule has 0 bridgehead atoms. The van der Waals surface area contributed by atoms with E-state index >= 15 is 0 Å². The van der Waals surface area contributed by atoms with Crippen molar-refractivity contribution in [1.82, 2.24) is 4.57 Å². The summed E-state index contributed by atoms with van der Waals surface area (Å²) < 4.78 is 8.75. The molecule has 35 heavy (non-hydrogen) atoms. The Hall–Kier alpha value is -2.69. The summed E-state index contributed by atoms with van der Waals surface area (Å²) in [6.07, 6.45) is 3.70. The van der Waals surface area contributed by atoms with Gasteiger partial charge in [0.15, 0.2) is 16.3 Å². The van der Waals surface area contributed by atoms with Gasteiger partial charge in [-0.05, 0) is 88.7 Å². The van der Waals surface area contributed by atoms with Gasteiger partial charge in [0.25, 0.3) is 5.56 Å². The van der Waals surface area contributed by atoms with Crippen LogP contribution in [0.15, 0.2) is 69.3 Å². The Balaban J connectivity index is 1.58. The van der Waals surface area contributed by atoms with Crippen molar-refractivity contribution in [3.63, 3.8) is 0 Å². The van der Waals surface area contributed by atoms with Crippen molar-refractivity contribution >= 4 is 57.0 Å². The predicted octanol–water partition coefficient (Wildman–Crippen LogP) is 5.09. The van der Waals surface area contributed by atoms with Crippen molar-refractivity contribution in [2.45, 2.75) is 25.8 Å². The lowest BCUT2D eigenvalue weighted by molar-refractivity contribution is 0.317. The van der Waals surface area contributed by atoms with Gasteiger partial charge in [0.05, 0.1) is 26.4 Å². The van der Waals surface area contributed by atoms with Crippen LogP contribution in [-0.4, -0.2) is 16.3 Å². The van der Waals surface area contributed by atoms with Crippen LogP contribution in [0.3, 0.4) is 0 Å². The number of nitrogens with zero attached hydrogens (tertiary/aromatic N) is 2. The highest BCUT2D eigenvalue weighted by Gasteiger charge is 2.33. The van der Waals surface area contributed by atoms with E-state index in [1.165, 1.54) is 28.0 Å². The third-order valence-corrected chi connectivity index (χ3v) is 9.06. The second kappa shape index (κ2) is 9.07. The number of aromatic hydroxyl groups is 1. The molecule has 3 heterocycles. The highest BCUT2D eigenvalue weighted by Crippen LogP contribution is 2.42. The summed E-state index contributed by atoms with van der Waals surface area (Å²) in [6.45, 7) is 2.32. The van der Waals surface area contributed by atoms with E-state index in [1.807, 2.05) is 29.7 Å². The maximum Gasteiger partial charge on any atom is 0.271 e. The number of benzene rings is 2. The van der Waals surface area contributed by atoms with Gasteiger partial charge < -0.3 is 9.84 Å². The van der Waals surface area contributed by atoms with Gasteiger partial charge in [-0.25, -0.2) is 4.99 Å². The number of hydrogen-bond donors (Lipinski definition) is 1. The number of phenols is 1. The van der Waals surface area contributed by atoms with Crippen LogP contribution in [0, 0.1) is 3.57 Å². The third kappa shape index (κ3) is 3.88. The molecule has 5 nitrogen and oxygen atoms in total. The first kappa shape index (κ1) is 22.8. The summed E-state index contributed by atoms with van der Waals surface area (Å²) in [4.78, 5) is 20.7. The average molecular weight is 613 g/mol. The first-order valence-electron chi connectivity index (χ1n) is 11.4. The fourth-order valence-corrected chi connectivity index (χ4v) is 7.29. The van der Waals surface area contributed by atoms with E-state index in [0.29, 0.717) is 25.3 Å². The van der Waals surface area contributed by atoms with Gasteiger partial charge in [-0.3, -0.25) is 9.36 Å². The summed E-state index contributed by atoms with van der Waals surface area (Å²) in [5.41, 5.74) is 5.46. The molecule has 1 N–H and O–H groups in total. The van der Waals surface area contributed by atoms with Gasteiger partial charge in [-0.15, -0.1) is 11.3 Å². The SMILES string of the molecule is CCOc1cc(/C=c2/sc3n(c2=O)C(c2cccs2)C2=C(N=3)c3ccccc3CC2)cc(I)c1O. The van der Waals surface area contributed by atoms with Crippen molar-refractivity contribution in [3.8, 4) is 11.5 Å². The third-order valence-electron chi connectivity index (χ3n) is 6.33. The maximum absolute atomic E-state index is 13.8. The number of allylic oxidation sites excluding steroid dienone is 1. The fraction of sp³-hybridized carbons (Fsp3) is 0.185. The Labute approximate surface area is 223 Å². The van der Waals surface area contributed by atoms with Crippen molar-refractivity contribution < 1.29 is 9.84 Å². The van der Waals surface area contributed by atoms with Crippen molar-refractivity contribution in [2.75, 3.05) is 6.61 Å². The Morgan fingerprint density at radius 2 is 2.09 bits per heavy atom. The number of thiazole rings is 1. The lowest BCUT2D eigenvalue weighted by Gasteiger charge is -2.30. The number of hydrogen-bond acceptors (Lipinski definition) is 6. The number of thiophene rings is 1. The van der Waals surface area contributed by atoms with Crippen molar-refractivity contribution in [1.29, 1.82) is 0 Å². The predicted molar refractivity (Wildman–Crippen MR) is 149 cm³/mol. The first-order chi connectivity index (χ1) is 17.0. The second-order valence-electron chi connectivity index (χ2n) is 8.41. The summed E-state index contributed by atoms with van der Waals surface area (Å²) >= 11 is 5.17. The molecule has 1 aliphatic carbocycles. The Kier molecular flexibility index (Phi) is 5.90. The van der Waals surface area contributed by atoms with Gasteiger partial charge in [-0.1, -0.05) is 41.7 Å². The van der Waals surface area contributed by atoms with Crippen LogP contribution in [0.5, 0.6) is 11.5 Å². The van der Waals surface area contributed by atoms with E-state index in [2.05, 4.69) is 58.3 Å². The van der Waals surface area contributed by atoms with Gasteiger partial charge in [-0.2, -0.15) is 0 Å². The van der Waals surface area contributed by atoms with Crippen LogP contribution >= 0.6 is 45.3 Å². The van der Waals surface area contributed by atoms with E-state index in [0.717, 1.165) is 29.0 Å². The molecule has 8 heteroatoms. The number of halogens is 1. The topological polar surface area (TPSA) is 63.8 Å². The molecule has 0 fully saturated rings. The van der Waals surface area contributed by atoms with E-state index < -0.39 is 0 Å². The molecule has 4 aromatic rings. The van der Waals surface area contributed by atoms with Gasteiger partial charge in [0.2, 0.25) is 0 Å². The number of aromatic nitrogens is 1. The Bertz CT molecular complexity index is 1670. The van der Waals surface area contributed by atoms with Gasteiger partial charge in [0, 0.05) is 10.4 Å². The number of fused-ring (bicyclic) bond motifs is 3. The lowest BCUT2D eigenvalue weighted by atomic mass is 9.85. The summed E-state index contributed by atoms with van der Waals surface area (Å²) in [5.74, 6) is 0.539. The monoisotopic (exact) mass is 612 g/mol. The molecular formula is C27H21IN2O3S2. The maximum atomic E-state index is 13.8. The molecular weight excluding hydrogens is 591 g/mol. The molecule has 0 saturated carbocycles. The summed E-state index contributed by atoms with van der Waals surface area (Å²) in [5, 5.41) is 12.4. The summed E-state index contributed by atoms with van der Waals surface area (Å²) in [6, 6.07) is 16.1. The van der Waals surface area contributed by atoms with Gasteiger partial charge in [0.1, 0.15) is 0 Å². The van der Waals surface area contributed by atoms with Crippen LogP contribution in [-0.2, 0) is 6.42 Å². The molecule has 2 aromatic carbocycles. The average Bonchev–Trinajstić information content (AvgIpc) is 3.50. The van der Waals surface area contributed by atoms with E-state index in [4.69, 9.17) is 9.73 Å². The van der Waals surface area contributed by atoms with Crippen LogP contribution in [0.2, 0.25) is 0 Å². The standard InChI is InChI=1S/C27H21IN2O3S2/c1-2-33-20-13-15(12-19(28)25(20)31)14-22-26(32)30-24(21-8-5-11-34-21)18-10-9-16-6-3-4-7-17(16)23(18)29-27(30)35-22/h3-8,11-14,24,31H,2,9-10H2,1H3/b22-14+. The first-order valence-corrected chi connectivity index (χ1v) is 14.1. The Morgan fingerprint density at radius 1 is 1.23 bits per heavy atom. The zero-order chi connectivity index (χ0) is 24.1. The summed E-state index contributed by atoms with van der Waals surface area (Å²) in [7, 11) is 0. The zero-order valence-corrected chi connectivity index (χ0v) is 22.6. The molecule has 2 aliphatic rings. The van der Waals surface area contributed by atoms with Gasteiger partial charge >= 0.3 is 0 Å². The number of phenolic OH excluding ortho intramolecular Hbond substituents is 1. The minimum absolute atomic E-state index is 0.0430. The van der Waals surface area contributed by atoms with E-state index in [9.17, 15) is 9.90 Å². The van der Waals surface area contributed by atoms with E-state index in [1.54, 1.807) is 17.4 Å². The van der Waals surface area contributed by atoms with Crippen LogP contribution in [0.4, 0.5) is 0 Å². The zero-order valence-electron chi connectivity index (χ0n) is 18.8. The number of aryl methyl sites for hydroxylation is 1. The number of rotatable bonds is 4. The quantitative estimate of drug-likeness (QED) is 0.327. The molecule has 0 radical (unpaired) electrons. The Morgan fingerprint density at radius 3 is 2.89 bits per heavy atom. The highest BCUT2D eigenvalue weighted by molar-refractivity contribution is 14.1. The minimum Gasteiger partial charge on any atom is -0.504 e. The molecule has 0 saturated heterocycles. The molecule has 0 spiro atoms. The molecule has 6 rings (SSSR count). The smallest absolute Gasteiger partial charge is 0.271 e. The normalized spacial score (nSPS) is 17.0. The molecule has 176 valence electrons.